The molecule has 0 saturated heterocycles. The molecule has 2 rings (SSSR count). The van der Waals surface area contributed by atoms with E-state index in [4.69, 9.17) is 0 Å². The summed E-state index contributed by atoms with van der Waals surface area (Å²) >= 11 is 3.23. The van der Waals surface area contributed by atoms with E-state index in [0.717, 1.165) is 0 Å². The second-order valence-corrected chi connectivity index (χ2v) is 4.54. The number of rotatable bonds is 3. The smallest absolute Gasteiger partial charge is 0.405 e. The monoisotopic (exact) mass is 348 g/mol. The van der Waals surface area contributed by atoms with Crippen molar-refractivity contribution in [3.63, 3.8) is 0 Å². The van der Waals surface area contributed by atoms with Gasteiger partial charge in [0.2, 0.25) is 0 Å². The van der Waals surface area contributed by atoms with E-state index in [2.05, 4.69) is 20.7 Å². The molecule has 6 heteroatoms. The van der Waals surface area contributed by atoms with Crippen LogP contribution in [0.3, 0.4) is 0 Å². The minimum atomic E-state index is -4.79. The lowest BCUT2D eigenvalue weighted by atomic mass is 9.99. The number of hydrogen-bond donors (Lipinski definition) is 0. The molecule has 2 aromatic rings. The van der Waals surface area contributed by atoms with Crippen LogP contribution in [0.4, 0.5) is 17.6 Å². The van der Waals surface area contributed by atoms with Crippen molar-refractivity contribution in [2.24, 2.45) is 0 Å². The molecule has 0 bridgehead atoms. The zero-order valence-electron chi connectivity index (χ0n) is 10.0. The van der Waals surface area contributed by atoms with Crippen LogP contribution >= 0.6 is 15.9 Å². The highest BCUT2D eigenvalue weighted by Gasteiger charge is 2.32. The van der Waals surface area contributed by atoms with Crippen LogP contribution < -0.4 is 4.74 Å². The van der Waals surface area contributed by atoms with Crippen LogP contribution in [0.5, 0.6) is 5.75 Å². The normalized spacial score (nSPS) is 11.4. The van der Waals surface area contributed by atoms with Crippen LogP contribution in [0.1, 0.15) is 5.56 Å². The number of para-hydroxylation sites is 1. The Balaban J connectivity index is 2.55. The fourth-order valence-corrected chi connectivity index (χ4v) is 2.31. The highest BCUT2D eigenvalue weighted by atomic mass is 79.9. The molecule has 0 heterocycles. The Labute approximate surface area is 121 Å². The summed E-state index contributed by atoms with van der Waals surface area (Å²) in [5, 5.41) is 0.392. The van der Waals surface area contributed by atoms with E-state index >= 15 is 0 Å². The van der Waals surface area contributed by atoms with E-state index in [-0.39, 0.29) is 11.3 Å². The first-order chi connectivity index (χ1) is 9.40. The van der Waals surface area contributed by atoms with Gasteiger partial charge in [0.05, 0.1) is 0 Å². The standard InChI is InChI=1S/C14H9BrF4O/c15-8-9-5-6-10(16)7-12(9)11-3-1-2-4-13(11)20-14(17,18)19/h1-7H,8H2. The molecule has 20 heavy (non-hydrogen) atoms. The lowest BCUT2D eigenvalue weighted by Gasteiger charge is -2.15. The van der Waals surface area contributed by atoms with Crippen LogP contribution in [0, 0.1) is 5.82 Å². The van der Waals surface area contributed by atoms with Gasteiger partial charge in [-0.05, 0) is 29.3 Å². The van der Waals surface area contributed by atoms with Crippen molar-refractivity contribution in [1.29, 1.82) is 0 Å². The minimum absolute atomic E-state index is 0.193. The second kappa shape index (κ2) is 5.83. The van der Waals surface area contributed by atoms with Gasteiger partial charge in [0, 0.05) is 10.9 Å². The Bertz CT molecular complexity index is 610. The summed E-state index contributed by atoms with van der Waals surface area (Å²) in [7, 11) is 0. The largest absolute Gasteiger partial charge is 0.573 e. The molecule has 0 spiro atoms. The third kappa shape index (κ3) is 3.50. The molecule has 0 N–H and O–H groups in total. The molecule has 0 aliphatic carbocycles. The maximum atomic E-state index is 13.4. The van der Waals surface area contributed by atoms with Gasteiger partial charge in [-0.1, -0.05) is 40.2 Å². The first-order valence-electron chi connectivity index (χ1n) is 5.60. The van der Waals surface area contributed by atoms with E-state index < -0.39 is 12.2 Å². The molecule has 0 fully saturated rings. The summed E-state index contributed by atoms with van der Waals surface area (Å²) in [6.07, 6.45) is -4.79. The molecule has 0 aromatic heterocycles. The van der Waals surface area contributed by atoms with Crippen molar-refractivity contribution in [2.45, 2.75) is 11.7 Å². The molecule has 0 aliphatic heterocycles. The summed E-state index contributed by atoms with van der Waals surface area (Å²) in [6, 6.07) is 9.62. The maximum absolute atomic E-state index is 13.4. The number of benzene rings is 2. The van der Waals surface area contributed by atoms with Gasteiger partial charge in [-0.3, -0.25) is 0 Å². The summed E-state index contributed by atoms with van der Waals surface area (Å²) in [5.41, 5.74) is 1.23. The predicted octanol–water partition coefficient (Wildman–Crippen LogP) is 5.29. The quantitative estimate of drug-likeness (QED) is 0.541. The Morgan fingerprint density at radius 1 is 1.00 bits per heavy atom. The lowest BCUT2D eigenvalue weighted by molar-refractivity contribution is -0.274. The average Bonchev–Trinajstić information content (AvgIpc) is 2.37. The van der Waals surface area contributed by atoms with Crippen LogP contribution in [-0.2, 0) is 5.33 Å². The summed E-state index contributed by atoms with van der Waals surface area (Å²) in [6.45, 7) is 0. The first-order valence-corrected chi connectivity index (χ1v) is 6.72. The number of ether oxygens (including phenoxy) is 1. The molecular formula is C14H9BrF4O. The van der Waals surface area contributed by atoms with Gasteiger partial charge in [-0.15, -0.1) is 13.2 Å². The first kappa shape index (κ1) is 14.8. The highest BCUT2D eigenvalue weighted by molar-refractivity contribution is 9.08. The minimum Gasteiger partial charge on any atom is -0.405 e. The van der Waals surface area contributed by atoms with Crippen molar-refractivity contribution >= 4 is 15.9 Å². The highest BCUT2D eigenvalue weighted by Crippen LogP contribution is 2.36. The zero-order valence-corrected chi connectivity index (χ0v) is 11.6. The van der Waals surface area contributed by atoms with Crippen molar-refractivity contribution in [2.75, 3.05) is 0 Å². The van der Waals surface area contributed by atoms with Gasteiger partial charge >= 0.3 is 6.36 Å². The average molecular weight is 349 g/mol. The molecule has 0 atom stereocenters. The van der Waals surface area contributed by atoms with E-state index in [9.17, 15) is 17.6 Å². The van der Waals surface area contributed by atoms with Crippen molar-refractivity contribution < 1.29 is 22.3 Å². The Kier molecular flexibility index (Phi) is 4.32. The molecular weight excluding hydrogens is 340 g/mol. The predicted molar refractivity (Wildman–Crippen MR) is 71.2 cm³/mol. The van der Waals surface area contributed by atoms with Gasteiger partial charge in [0.1, 0.15) is 11.6 Å². The molecule has 0 saturated carbocycles. The van der Waals surface area contributed by atoms with Crippen molar-refractivity contribution in [3.05, 3.63) is 53.8 Å². The third-order valence-corrected chi connectivity index (χ3v) is 3.22. The Morgan fingerprint density at radius 3 is 2.35 bits per heavy atom. The molecule has 0 amide bonds. The second-order valence-electron chi connectivity index (χ2n) is 3.98. The molecule has 106 valence electrons. The van der Waals surface area contributed by atoms with Crippen molar-refractivity contribution in [1.82, 2.24) is 0 Å². The van der Waals surface area contributed by atoms with Gasteiger partial charge in [-0.25, -0.2) is 4.39 Å². The topological polar surface area (TPSA) is 9.23 Å². The van der Waals surface area contributed by atoms with Crippen LogP contribution in [0.2, 0.25) is 0 Å². The van der Waals surface area contributed by atoms with Gasteiger partial charge in [-0.2, -0.15) is 0 Å². The SMILES string of the molecule is Fc1ccc(CBr)c(-c2ccccc2OC(F)(F)F)c1. The van der Waals surface area contributed by atoms with Crippen LogP contribution in [0.15, 0.2) is 42.5 Å². The fourth-order valence-electron chi connectivity index (χ4n) is 1.82. The van der Waals surface area contributed by atoms with Gasteiger partial charge in [0.15, 0.2) is 0 Å². The van der Waals surface area contributed by atoms with Crippen LogP contribution in [-0.4, -0.2) is 6.36 Å². The molecule has 0 radical (unpaired) electrons. The summed E-state index contributed by atoms with van der Waals surface area (Å²) < 4.78 is 54.5. The van der Waals surface area contributed by atoms with Crippen molar-refractivity contribution in [3.8, 4) is 16.9 Å². The Hall–Kier alpha value is -1.56. The summed E-state index contributed by atoms with van der Waals surface area (Å²) in [5.74, 6) is -0.876. The zero-order chi connectivity index (χ0) is 14.8. The summed E-state index contributed by atoms with van der Waals surface area (Å²) in [4.78, 5) is 0. The molecule has 0 aliphatic rings. The lowest BCUT2D eigenvalue weighted by Crippen LogP contribution is -2.17. The van der Waals surface area contributed by atoms with E-state index in [0.29, 0.717) is 16.5 Å². The molecule has 1 nitrogen and oxygen atoms in total. The third-order valence-electron chi connectivity index (χ3n) is 2.62. The maximum Gasteiger partial charge on any atom is 0.573 e. The Morgan fingerprint density at radius 2 is 1.70 bits per heavy atom. The van der Waals surface area contributed by atoms with E-state index in [1.807, 2.05) is 0 Å². The fraction of sp³-hybridized carbons (Fsp3) is 0.143. The van der Waals surface area contributed by atoms with E-state index in [1.54, 1.807) is 6.07 Å². The van der Waals surface area contributed by atoms with Gasteiger partial charge in [0.25, 0.3) is 0 Å². The number of alkyl halides is 4. The number of halogens is 5. The van der Waals surface area contributed by atoms with Crippen LogP contribution in [0.25, 0.3) is 11.1 Å². The van der Waals surface area contributed by atoms with Gasteiger partial charge < -0.3 is 4.74 Å². The molecule has 0 unspecified atom stereocenters. The molecule has 2 aromatic carbocycles. The van der Waals surface area contributed by atoms with E-state index in [1.165, 1.54) is 36.4 Å². The number of hydrogen-bond acceptors (Lipinski definition) is 1.